The van der Waals surface area contributed by atoms with Crippen molar-refractivity contribution in [3.05, 3.63) is 0 Å². The van der Waals surface area contributed by atoms with E-state index in [0.29, 0.717) is 29.4 Å². The molecule has 0 bridgehead atoms. The molecule has 0 aromatic carbocycles. The molecule has 1 N–H and O–H groups in total. The number of rotatable bonds is 6. The minimum atomic E-state index is 0.173. The number of nitrogens with one attached hydrogen (secondary N) is 1. The van der Waals surface area contributed by atoms with Gasteiger partial charge < -0.3 is 5.32 Å². The number of thioether (sulfide) groups is 1. The van der Waals surface area contributed by atoms with Gasteiger partial charge in [0.1, 0.15) is 5.78 Å². The molecule has 0 aliphatic carbocycles. The van der Waals surface area contributed by atoms with Crippen LogP contribution in [0.2, 0.25) is 0 Å². The zero-order valence-electron chi connectivity index (χ0n) is 11.3. The van der Waals surface area contributed by atoms with Crippen LogP contribution in [0.3, 0.4) is 0 Å². The Bertz CT molecular complexity index is 330. The molecule has 4 heteroatoms. The summed E-state index contributed by atoms with van der Waals surface area (Å²) in [6.07, 6.45) is 4.72. The van der Waals surface area contributed by atoms with E-state index in [1.54, 1.807) is 0 Å². The predicted octanol–water partition coefficient (Wildman–Crippen LogP) is 2.39. The Morgan fingerprint density at radius 3 is 2.94 bits per heavy atom. The van der Waals surface area contributed by atoms with Gasteiger partial charge in [0.15, 0.2) is 0 Å². The fraction of sp³-hybridized carbons (Fsp3) is 0.857. The Morgan fingerprint density at radius 1 is 1.44 bits per heavy atom. The van der Waals surface area contributed by atoms with Gasteiger partial charge in [-0.05, 0) is 12.8 Å². The molecule has 2 saturated heterocycles. The highest BCUT2D eigenvalue weighted by atomic mass is 32.2. The number of amides is 1. The van der Waals surface area contributed by atoms with Crippen molar-refractivity contribution in [3.8, 4) is 0 Å². The van der Waals surface area contributed by atoms with Crippen molar-refractivity contribution >= 4 is 23.5 Å². The van der Waals surface area contributed by atoms with Gasteiger partial charge in [0.25, 0.3) is 0 Å². The van der Waals surface area contributed by atoms with Gasteiger partial charge in [0.05, 0.1) is 0 Å². The Balaban J connectivity index is 1.66. The topological polar surface area (TPSA) is 46.2 Å². The standard InChI is InChI=1S/C14H23NO2S/c1-9(2)12(16)5-3-4-6-13-10-7-14(17)15-11(10)8-18-13/h9-11,13H,3-8H2,1-2H3,(H,15,17). The van der Waals surface area contributed by atoms with Crippen molar-refractivity contribution in [2.24, 2.45) is 11.8 Å². The molecular weight excluding hydrogens is 246 g/mol. The van der Waals surface area contributed by atoms with E-state index in [4.69, 9.17) is 0 Å². The molecule has 2 aliphatic heterocycles. The second-order valence-electron chi connectivity index (χ2n) is 5.78. The third-order valence-electron chi connectivity index (χ3n) is 4.06. The highest BCUT2D eigenvalue weighted by molar-refractivity contribution is 8.00. The third kappa shape index (κ3) is 3.28. The molecule has 0 radical (unpaired) electrons. The van der Waals surface area contributed by atoms with E-state index in [9.17, 15) is 9.59 Å². The van der Waals surface area contributed by atoms with Crippen molar-refractivity contribution in [3.63, 3.8) is 0 Å². The number of fused-ring (bicyclic) bond motifs is 1. The second-order valence-corrected chi connectivity index (χ2v) is 7.05. The zero-order chi connectivity index (χ0) is 13.1. The summed E-state index contributed by atoms with van der Waals surface area (Å²) in [5, 5.41) is 3.68. The van der Waals surface area contributed by atoms with Gasteiger partial charge in [0.2, 0.25) is 5.91 Å². The van der Waals surface area contributed by atoms with Crippen LogP contribution in [-0.2, 0) is 9.59 Å². The number of Topliss-reactive ketones (excluding diaryl/α,β-unsaturated/α-hetero) is 1. The van der Waals surface area contributed by atoms with Gasteiger partial charge in [-0.15, -0.1) is 0 Å². The minimum absolute atomic E-state index is 0.173. The fourth-order valence-corrected chi connectivity index (χ4v) is 4.52. The molecule has 0 aromatic heterocycles. The molecular formula is C14H23NO2S. The van der Waals surface area contributed by atoms with Crippen molar-refractivity contribution in [2.75, 3.05) is 5.75 Å². The normalized spacial score (nSPS) is 30.6. The van der Waals surface area contributed by atoms with Crippen LogP contribution in [0.25, 0.3) is 0 Å². The summed E-state index contributed by atoms with van der Waals surface area (Å²) in [7, 11) is 0. The lowest BCUT2D eigenvalue weighted by atomic mass is 9.94. The first-order valence-corrected chi connectivity index (χ1v) is 8.06. The first-order valence-electron chi connectivity index (χ1n) is 7.01. The van der Waals surface area contributed by atoms with Crippen LogP contribution >= 0.6 is 11.8 Å². The first kappa shape index (κ1) is 13.9. The molecule has 18 heavy (non-hydrogen) atoms. The molecule has 0 spiro atoms. The number of ketones is 1. The smallest absolute Gasteiger partial charge is 0.220 e. The van der Waals surface area contributed by atoms with Gasteiger partial charge in [-0.2, -0.15) is 11.8 Å². The summed E-state index contributed by atoms with van der Waals surface area (Å²) < 4.78 is 0. The van der Waals surface area contributed by atoms with E-state index in [0.717, 1.165) is 31.4 Å². The van der Waals surface area contributed by atoms with E-state index < -0.39 is 0 Å². The van der Waals surface area contributed by atoms with Gasteiger partial charge in [-0.1, -0.05) is 20.3 Å². The monoisotopic (exact) mass is 269 g/mol. The number of unbranched alkanes of at least 4 members (excludes halogenated alkanes) is 1. The van der Waals surface area contributed by atoms with Crippen LogP contribution < -0.4 is 5.32 Å². The highest BCUT2D eigenvalue weighted by Crippen LogP contribution is 2.40. The molecule has 2 heterocycles. The maximum atomic E-state index is 11.5. The summed E-state index contributed by atoms with van der Waals surface area (Å²) >= 11 is 2.00. The second kappa shape index (κ2) is 6.09. The Kier molecular flexibility index (Phi) is 4.71. The van der Waals surface area contributed by atoms with Crippen molar-refractivity contribution in [2.45, 2.75) is 57.2 Å². The van der Waals surface area contributed by atoms with Gasteiger partial charge in [-0.25, -0.2) is 0 Å². The van der Waals surface area contributed by atoms with Crippen molar-refractivity contribution in [1.29, 1.82) is 0 Å². The van der Waals surface area contributed by atoms with Crippen molar-refractivity contribution in [1.82, 2.24) is 5.32 Å². The summed E-state index contributed by atoms with van der Waals surface area (Å²) in [5.74, 6) is 2.40. The van der Waals surface area contributed by atoms with Crippen molar-refractivity contribution < 1.29 is 9.59 Å². The molecule has 2 aliphatic rings. The third-order valence-corrected chi connectivity index (χ3v) is 5.62. The maximum absolute atomic E-state index is 11.5. The largest absolute Gasteiger partial charge is 0.352 e. The predicted molar refractivity (Wildman–Crippen MR) is 74.6 cm³/mol. The maximum Gasteiger partial charge on any atom is 0.220 e. The first-order chi connectivity index (χ1) is 8.58. The number of hydrogen-bond donors (Lipinski definition) is 1. The summed E-state index contributed by atoms with van der Waals surface area (Å²) in [5.41, 5.74) is 0. The number of carbonyl (C=O) groups is 2. The summed E-state index contributed by atoms with van der Waals surface area (Å²) in [6, 6.07) is 0.421. The summed E-state index contributed by atoms with van der Waals surface area (Å²) in [4.78, 5) is 22.8. The number of carbonyl (C=O) groups excluding carboxylic acids is 2. The van der Waals surface area contributed by atoms with E-state index in [-0.39, 0.29) is 11.8 Å². The number of hydrogen-bond acceptors (Lipinski definition) is 3. The molecule has 3 unspecified atom stereocenters. The molecule has 3 nitrogen and oxygen atoms in total. The summed E-state index contributed by atoms with van der Waals surface area (Å²) in [6.45, 7) is 3.94. The molecule has 0 aromatic rings. The van der Waals surface area contributed by atoms with Crippen LogP contribution in [0.15, 0.2) is 0 Å². The average molecular weight is 269 g/mol. The highest BCUT2D eigenvalue weighted by Gasteiger charge is 2.42. The van der Waals surface area contributed by atoms with E-state index in [1.165, 1.54) is 0 Å². The van der Waals surface area contributed by atoms with Gasteiger partial charge in [0, 0.05) is 41.7 Å². The quantitative estimate of drug-likeness (QED) is 0.753. The molecule has 3 atom stereocenters. The van der Waals surface area contributed by atoms with Gasteiger partial charge >= 0.3 is 0 Å². The van der Waals surface area contributed by atoms with Crippen LogP contribution in [0, 0.1) is 11.8 Å². The molecule has 2 rings (SSSR count). The lowest BCUT2D eigenvalue weighted by Crippen LogP contribution is -2.29. The molecule has 1 amide bonds. The average Bonchev–Trinajstić information content (AvgIpc) is 2.84. The van der Waals surface area contributed by atoms with Crippen LogP contribution in [0.5, 0.6) is 0 Å². The fourth-order valence-electron chi connectivity index (χ4n) is 2.87. The Labute approximate surface area is 113 Å². The van der Waals surface area contributed by atoms with Crippen LogP contribution in [-0.4, -0.2) is 28.7 Å². The zero-order valence-corrected chi connectivity index (χ0v) is 12.1. The lowest BCUT2D eigenvalue weighted by molar-refractivity contribution is -0.122. The Hall–Kier alpha value is -0.510. The van der Waals surface area contributed by atoms with Crippen LogP contribution in [0.4, 0.5) is 0 Å². The molecule has 2 fully saturated rings. The molecule has 0 saturated carbocycles. The molecule has 102 valence electrons. The van der Waals surface area contributed by atoms with E-state index >= 15 is 0 Å². The lowest BCUT2D eigenvalue weighted by Gasteiger charge is -2.15. The van der Waals surface area contributed by atoms with Gasteiger partial charge in [-0.3, -0.25) is 9.59 Å². The van der Waals surface area contributed by atoms with E-state index in [2.05, 4.69) is 5.32 Å². The Morgan fingerprint density at radius 2 is 2.22 bits per heavy atom. The van der Waals surface area contributed by atoms with Crippen LogP contribution in [0.1, 0.15) is 46.0 Å². The van der Waals surface area contributed by atoms with E-state index in [1.807, 2.05) is 25.6 Å². The minimum Gasteiger partial charge on any atom is -0.352 e. The SMILES string of the molecule is CC(C)C(=O)CCCCC1SCC2NC(=O)CC21.